The first-order valence-electron chi connectivity index (χ1n) is 8.61. The molecule has 2 amide bonds. The third-order valence-corrected chi connectivity index (χ3v) is 4.00. The van der Waals surface area contributed by atoms with E-state index in [0.29, 0.717) is 13.2 Å². The smallest absolute Gasteiger partial charge is 0.319 e. The number of hydrogen-bond donors (Lipinski definition) is 2. The molecular weight excluding hydrogens is 312 g/mol. The van der Waals surface area contributed by atoms with Gasteiger partial charge in [0.1, 0.15) is 12.4 Å². The normalized spacial score (nSPS) is 11.1. The molecular formula is C21H28N2O2. The van der Waals surface area contributed by atoms with E-state index in [2.05, 4.69) is 43.5 Å². The molecule has 0 fully saturated rings. The molecule has 0 aliphatic carbocycles. The minimum absolute atomic E-state index is 0.0865. The molecule has 0 radical (unpaired) electrons. The van der Waals surface area contributed by atoms with Gasteiger partial charge in [-0.05, 0) is 54.2 Å². The van der Waals surface area contributed by atoms with Crippen LogP contribution in [0, 0.1) is 13.8 Å². The van der Waals surface area contributed by atoms with E-state index in [4.69, 9.17) is 4.74 Å². The molecule has 0 aromatic heterocycles. The van der Waals surface area contributed by atoms with Gasteiger partial charge < -0.3 is 15.4 Å². The number of aryl methyl sites for hydroxylation is 2. The Labute approximate surface area is 150 Å². The second kappa shape index (κ2) is 8.06. The Morgan fingerprint density at radius 2 is 1.84 bits per heavy atom. The molecule has 0 bridgehead atoms. The minimum Gasteiger partial charge on any atom is -0.492 e. The second-order valence-corrected chi connectivity index (χ2v) is 7.33. The first kappa shape index (κ1) is 18.8. The molecule has 0 aliphatic heterocycles. The van der Waals surface area contributed by atoms with Crippen LogP contribution in [0.2, 0.25) is 0 Å². The van der Waals surface area contributed by atoms with Crippen molar-refractivity contribution in [1.82, 2.24) is 5.32 Å². The molecule has 2 N–H and O–H groups in total. The van der Waals surface area contributed by atoms with Gasteiger partial charge >= 0.3 is 6.03 Å². The average Bonchev–Trinajstić information content (AvgIpc) is 2.54. The molecule has 0 saturated carbocycles. The summed E-state index contributed by atoms with van der Waals surface area (Å²) in [6.45, 7) is 11.4. The highest BCUT2D eigenvalue weighted by molar-refractivity contribution is 5.90. The molecule has 2 rings (SSSR count). The number of nitrogens with one attached hydrogen (secondary N) is 2. The molecule has 0 heterocycles. The van der Waals surface area contributed by atoms with Crippen molar-refractivity contribution in [2.45, 2.75) is 40.0 Å². The van der Waals surface area contributed by atoms with E-state index >= 15 is 0 Å². The number of ether oxygens (including phenoxy) is 1. The van der Waals surface area contributed by atoms with Crippen molar-refractivity contribution < 1.29 is 9.53 Å². The van der Waals surface area contributed by atoms with Gasteiger partial charge in [0.2, 0.25) is 0 Å². The molecule has 0 atom stereocenters. The summed E-state index contributed by atoms with van der Waals surface area (Å²) in [6.07, 6.45) is 0. The molecule has 2 aromatic rings. The molecule has 0 aliphatic rings. The lowest BCUT2D eigenvalue weighted by Gasteiger charge is -2.19. The van der Waals surface area contributed by atoms with Gasteiger partial charge in [0.25, 0.3) is 0 Å². The first-order chi connectivity index (χ1) is 11.8. The van der Waals surface area contributed by atoms with Crippen molar-refractivity contribution in [1.29, 1.82) is 0 Å². The highest BCUT2D eigenvalue weighted by Gasteiger charge is 2.13. The summed E-state index contributed by atoms with van der Waals surface area (Å²) in [5.74, 6) is 0.823. The van der Waals surface area contributed by atoms with Crippen LogP contribution in [-0.4, -0.2) is 19.2 Å². The highest BCUT2D eigenvalue weighted by Crippen LogP contribution is 2.25. The summed E-state index contributed by atoms with van der Waals surface area (Å²) in [5.41, 5.74) is 4.30. The molecule has 134 valence electrons. The number of rotatable bonds is 5. The summed E-state index contributed by atoms with van der Waals surface area (Å²) >= 11 is 0. The Bertz CT molecular complexity index is 733. The maximum atomic E-state index is 12.0. The molecule has 0 saturated heterocycles. The monoisotopic (exact) mass is 340 g/mol. The first-order valence-corrected chi connectivity index (χ1v) is 8.61. The lowest BCUT2D eigenvalue weighted by molar-refractivity contribution is 0.247. The zero-order valence-electron chi connectivity index (χ0n) is 15.8. The molecule has 0 unspecified atom stereocenters. The SMILES string of the molecule is Cc1ccc(C)c(NC(=O)NCCOc2cccc(C(C)(C)C)c2)c1. The van der Waals surface area contributed by atoms with Crippen LogP contribution < -0.4 is 15.4 Å². The van der Waals surface area contributed by atoms with Crippen molar-refractivity contribution in [3.63, 3.8) is 0 Å². The quantitative estimate of drug-likeness (QED) is 0.768. The average molecular weight is 340 g/mol. The Hall–Kier alpha value is -2.49. The van der Waals surface area contributed by atoms with E-state index in [1.165, 1.54) is 5.56 Å². The van der Waals surface area contributed by atoms with E-state index in [9.17, 15) is 4.79 Å². The Morgan fingerprint density at radius 1 is 1.08 bits per heavy atom. The van der Waals surface area contributed by atoms with Gasteiger partial charge in [-0.2, -0.15) is 0 Å². The summed E-state index contributed by atoms with van der Waals surface area (Å²) in [5, 5.41) is 5.69. The van der Waals surface area contributed by atoms with Crippen LogP contribution in [0.25, 0.3) is 0 Å². The topological polar surface area (TPSA) is 50.4 Å². The number of carbonyl (C=O) groups excluding carboxylic acids is 1. The van der Waals surface area contributed by atoms with Crippen LogP contribution in [-0.2, 0) is 5.41 Å². The summed E-state index contributed by atoms with van der Waals surface area (Å²) in [6, 6.07) is 13.8. The van der Waals surface area contributed by atoms with Crippen LogP contribution in [0.1, 0.15) is 37.5 Å². The van der Waals surface area contributed by atoms with E-state index in [1.54, 1.807) is 0 Å². The zero-order chi connectivity index (χ0) is 18.4. The van der Waals surface area contributed by atoms with Gasteiger partial charge in [-0.3, -0.25) is 0 Å². The maximum Gasteiger partial charge on any atom is 0.319 e. The molecule has 4 nitrogen and oxygen atoms in total. The predicted molar refractivity (Wildman–Crippen MR) is 104 cm³/mol. The number of benzene rings is 2. The van der Waals surface area contributed by atoms with Crippen molar-refractivity contribution >= 4 is 11.7 Å². The largest absolute Gasteiger partial charge is 0.492 e. The molecule has 0 spiro atoms. The van der Waals surface area contributed by atoms with Crippen LogP contribution in [0.3, 0.4) is 0 Å². The van der Waals surface area contributed by atoms with Crippen molar-refractivity contribution in [2.24, 2.45) is 0 Å². The van der Waals surface area contributed by atoms with Crippen molar-refractivity contribution in [3.8, 4) is 5.75 Å². The molecule has 25 heavy (non-hydrogen) atoms. The molecule has 2 aromatic carbocycles. The zero-order valence-corrected chi connectivity index (χ0v) is 15.8. The second-order valence-electron chi connectivity index (χ2n) is 7.33. The number of amides is 2. The molecule has 4 heteroatoms. The summed E-state index contributed by atoms with van der Waals surface area (Å²) < 4.78 is 5.74. The Morgan fingerprint density at radius 3 is 2.56 bits per heavy atom. The lowest BCUT2D eigenvalue weighted by Crippen LogP contribution is -2.32. The number of carbonyl (C=O) groups is 1. The number of urea groups is 1. The van der Waals surface area contributed by atoms with E-state index < -0.39 is 0 Å². The van der Waals surface area contributed by atoms with Crippen LogP contribution in [0.5, 0.6) is 5.75 Å². The number of anilines is 1. The van der Waals surface area contributed by atoms with E-state index in [0.717, 1.165) is 22.6 Å². The maximum absolute atomic E-state index is 12.0. The fourth-order valence-electron chi connectivity index (χ4n) is 2.42. The fourth-order valence-corrected chi connectivity index (χ4v) is 2.42. The van der Waals surface area contributed by atoms with Crippen molar-refractivity contribution in [2.75, 3.05) is 18.5 Å². The fraction of sp³-hybridized carbons (Fsp3) is 0.381. The van der Waals surface area contributed by atoms with Gasteiger partial charge in [-0.25, -0.2) is 4.79 Å². The van der Waals surface area contributed by atoms with E-state index in [-0.39, 0.29) is 11.4 Å². The van der Waals surface area contributed by atoms with Gasteiger partial charge in [-0.1, -0.05) is 45.0 Å². The van der Waals surface area contributed by atoms with Crippen LogP contribution >= 0.6 is 0 Å². The van der Waals surface area contributed by atoms with Gasteiger partial charge in [0.05, 0.1) is 6.54 Å². The summed E-state index contributed by atoms with van der Waals surface area (Å²) in [7, 11) is 0. The minimum atomic E-state index is -0.222. The van der Waals surface area contributed by atoms with Gasteiger partial charge in [0, 0.05) is 5.69 Å². The summed E-state index contributed by atoms with van der Waals surface area (Å²) in [4.78, 5) is 12.0. The predicted octanol–water partition coefficient (Wildman–Crippen LogP) is 4.80. The third-order valence-electron chi connectivity index (χ3n) is 4.00. The highest BCUT2D eigenvalue weighted by atomic mass is 16.5. The standard InChI is InChI=1S/C21H28N2O2/c1-15-9-10-16(2)19(13-15)23-20(24)22-11-12-25-18-8-6-7-17(14-18)21(3,4)5/h6-10,13-14H,11-12H2,1-5H3,(H2,22,23,24). The Kier molecular flexibility index (Phi) is 6.07. The lowest BCUT2D eigenvalue weighted by atomic mass is 9.87. The third kappa shape index (κ3) is 5.82. The van der Waals surface area contributed by atoms with Crippen LogP contribution in [0.4, 0.5) is 10.5 Å². The van der Waals surface area contributed by atoms with E-state index in [1.807, 2.05) is 44.2 Å². The Balaban J connectivity index is 1.79. The van der Waals surface area contributed by atoms with Crippen molar-refractivity contribution in [3.05, 3.63) is 59.2 Å². The van der Waals surface area contributed by atoms with Crippen LogP contribution in [0.15, 0.2) is 42.5 Å². The number of hydrogen-bond acceptors (Lipinski definition) is 2. The van der Waals surface area contributed by atoms with Gasteiger partial charge in [-0.15, -0.1) is 0 Å². The van der Waals surface area contributed by atoms with Gasteiger partial charge in [0.15, 0.2) is 0 Å².